The molecule has 6 rings (SSSR count). The Balaban J connectivity index is 1.75. The van der Waals surface area contributed by atoms with E-state index in [1.165, 1.54) is 0 Å². The van der Waals surface area contributed by atoms with Gasteiger partial charge in [0.2, 0.25) is 6.79 Å². The third-order valence-corrected chi connectivity index (χ3v) is 5.92. The van der Waals surface area contributed by atoms with E-state index in [-0.39, 0.29) is 12.5 Å². The lowest BCUT2D eigenvalue weighted by Crippen LogP contribution is -2.01. The number of rotatable bonds is 3. The molecule has 0 saturated heterocycles. The predicted octanol–water partition coefficient (Wildman–Crippen LogP) is 5.37. The summed E-state index contributed by atoms with van der Waals surface area (Å²) < 4.78 is 12.8. The molecule has 3 aromatic carbocycles. The Morgan fingerprint density at radius 1 is 0.971 bits per heavy atom. The van der Waals surface area contributed by atoms with Crippen molar-refractivity contribution >= 4 is 11.0 Å². The molecule has 1 aliphatic heterocycles. The number of aromatic hydroxyl groups is 1. The maximum absolute atomic E-state index is 10.8. The second-order valence-corrected chi connectivity index (χ2v) is 7.94. The first-order valence-corrected chi connectivity index (χ1v) is 10.7. The number of fused-ring (bicyclic) bond motifs is 2. The second-order valence-electron chi connectivity index (χ2n) is 7.94. The quantitative estimate of drug-likeness (QED) is 0.401. The van der Waals surface area contributed by atoms with Gasteiger partial charge >= 0.3 is 0 Å². The molecule has 7 nitrogen and oxygen atoms in total. The Morgan fingerprint density at radius 2 is 1.74 bits per heavy atom. The molecular weight excluding hydrogens is 428 g/mol. The predicted molar refractivity (Wildman–Crippen MR) is 127 cm³/mol. The molecule has 0 aliphatic carbocycles. The molecule has 3 heterocycles. The summed E-state index contributed by atoms with van der Waals surface area (Å²) in [7, 11) is 0. The third kappa shape index (κ3) is 2.97. The van der Waals surface area contributed by atoms with Gasteiger partial charge in [-0.05, 0) is 43.3 Å². The summed E-state index contributed by atoms with van der Waals surface area (Å²) >= 11 is 0. The normalized spacial score (nSPS) is 12.1. The van der Waals surface area contributed by atoms with Gasteiger partial charge in [0.25, 0.3) is 0 Å². The fourth-order valence-corrected chi connectivity index (χ4v) is 4.38. The average Bonchev–Trinajstić information content (AvgIpc) is 3.47. The molecule has 34 heavy (non-hydrogen) atoms. The van der Waals surface area contributed by atoms with Crippen molar-refractivity contribution in [3.05, 3.63) is 84.1 Å². The summed E-state index contributed by atoms with van der Waals surface area (Å²) in [6.07, 6.45) is 0. The highest BCUT2D eigenvalue weighted by Gasteiger charge is 2.26. The van der Waals surface area contributed by atoms with Crippen LogP contribution in [0.25, 0.3) is 39.1 Å². The van der Waals surface area contributed by atoms with Crippen molar-refractivity contribution < 1.29 is 14.6 Å². The van der Waals surface area contributed by atoms with Gasteiger partial charge in [0.1, 0.15) is 11.8 Å². The Bertz CT molecular complexity index is 1620. The zero-order valence-corrected chi connectivity index (χ0v) is 18.2. The van der Waals surface area contributed by atoms with Gasteiger partial charge in [0.05, 0.1) is 28.0 Å². The summed E-state index contributed by atoms with van der Waals surface area (Å²) in [5.74, 6) is 1.32. The Hall–Kier alpha value is -4.83. The van der Waals surface area contributed by atoms with Crippen LogP contribution in [0.15, 0.2) is 72.8 Å². The van der Waals surface area contributed by atoms with Gasteiger partial charge in [-0.3, -0.25) is 0 Å². The Labute approximate surface area is 195 Å². The number of aromatic nitrogens is 3. The molecule has 5 aromatic rings. The lowest BCUT2D eigenvalue weighted by Gasteiger charge is -2.14. The van der Waals surface area contributed by atoms with Gasteiger partial charge in [-0.25, -0.2) is 9.67 Å². The number of para-hydroxylation sites is 2. The first kappa shape index (κ1) is 19.8. The average molecular weight is 446 g/mol. The van der Waals surface area contributed by atoms with Crippen LogP contribution in [0.5, 0.6) is 17.2 Å². The van der Waals surface area contributed by atoms with Gasteiger partial charge in [-0.1, -0.05) is 36.4 Å². The SMILES string of the molecule is Cc1nn(-c2ccccc2)c2nc(-c3ccc4c(c3)OCO4)c(C#N)c(-c3ccccc3O)c12. The van der Waals surface area contributed by atoms with Crippen molar-refractivity contribution in [3.63, 3.8) is 0 Å². The Morgan fingerprint density at radius 3 is 2.53 bits per heavy atom. The number of nitrogens with zero attached hydrogens (tertiary/aromatic N) is 4. The van der Waals surface area contributed by atoms with E-state index in [9.17, 15) is 10.4 Å². The molecule has 0 amide bonds. The van der Waals surface area contributed by atoms with E-state index >= 15 is 0 Å². The highest BCUT2D eigenvalue weighted by molar-refractivity contribution is 6.02. The van der Waals surface area contributed by atoms with Crippen LogP contribution >= 0.6 is 0 Å². The molecule has 1 N–H and O–H groups in total. The van der Waals surface area contributed by atoms with Crippen molar-refractivity contribution in [1.82, 2.24) is 14.8 Å². The summed E-state index contributed by atoms with van der Waals surface area (Å²) in [5.41, 5.74) is 4.82. The fourth-order valence-electron chi connectivity index (χ4n) is 4.38. The lowest BCUT2D eigenvalue weighted by molar-refractivity contribution is 0.174. The number of nitriles is 1. The zero-order valence-electron chi connectivity index (χ0n) is 18.2. The van der Waals surface area contributed by atoms with Crippen LogP contribution in [0.1, 0.15) is 11.3 Å². The van der Waals surface area contributed by atoms with E-state index in [1.807, 2.05) is 61.5 Å². The van der Waals surface area contributed by atoms with E-state index in [0.717, 1.165) is 5.69 Å². The maximum atomic E-state index is 10.8. The number of ether oxygens (including phenoxy) is 2. The molecule has 1 aliphatic rings. The molecule has 0 saturated carbocycles. The highest BCUT2D eigenvalue weighted by Crippen LogP contribution is 2.43. The van der Waals surface area contributed by atoms with Crippen molar-refractivity contribution in [2.75, 3.05) is 6.79 Å². The molecule has 0 unspecified atom stereocenters. The molecular formula is C27H18N4O3. The van der Waals surface area contributed by atoms with Crippen LogP contribution in [-0.4, -0.2) is 26.7 Å². The van der Waals surface area contributed by atoms with Gasteiger partial charge in [0, 0.05) is 16.7 Å². The number of phenolic OH excluding ortho intramolecular Hbond substituents is 1. The van der Waals surface area contributed by atoms with Crippen LogP contribution in [0, 0.1) is 18.3 Å². The first-order valence-electron chi connectivity index (χ1n) is 10.7. The maximum Gasteiger partial charge on any atom is 0.231 e. The summed E-state index contributed by atoms with van der Waals surface area (Å²) in [6, 6.07) is 24.5. The van der Waals surface area contributed by atoms with Gasteiger partial charge < -0.3 is 14.6 Å². The van der Waals surface area contributed by atoms with Crippen molar-refractivity contribution in [2.24, 2.45) is 0 Å². The van der Waals surface area contributed by atoms with Crippen LogP contribution in [0.2, 0.25) is 0 Å². The van der Waals surface area contributed by atoms with E-state index < -0.39 is 0 Å². The molecule has 0 fully saturated rings. The van der Waals surface area contributed by atoms with Gasteiger partial charge in [0.15, 0.2) is 17.1 Å². The monoisotopic (exact) mass is 446 g/mol. The van der Waals surface area contributed by atoms with Crippen molar-refractivity contribution in [2.45, 2.75) is 6.92 Å². The van der Waals surface area contributed by atoms with Crippen molar-refractivity contribution in [3.8, 4) is 51.4 Å². The molecule has 0 spiro atoms. The summed E-state index contributed by atoms with van der Waals surface area (Å²) in [4.78, 5) is 4.95. The Kier molecular flexibility index (Phi) is 4.46. The van der Waals surface area contributed by atoms with Gasteiger partial charge in [-0.2, -0.15) is 10.4 Å². The summed E-state index contributed by atoms with van der Waals surface area (Å²) in [5, 5.41) is 26.6. The zero-order chi connectivity index (χ0) is 23.2. The topological polar surface area (TPSA) is 93.2 Å². The smallest absolute Gasteiger partial charge is 0.231 e. The fraction of sp³-hybridized carbons (Fsp3) is 0.0741. The third-order valence-electron chi connectivity index (χ3n) is 5.92. The van der Waals surface area contributed by atoms with E-state index in [4.69, 9.17) is 19.6 Å². The largest absolute Gasteiger partial charge is 0.507 e. The minimum Gasteiger partial charge on any atom is -0.507 e. The standard InChI is InChI=1S/C27H18N4O3/c1-16-24-25(19-9-5-6-10-21(19)32)20(14-28)26(17-11-12-22-23(13-17)34-15-33-22)29-27(24)31(30-16)18-7-3-2-4-8-18/h2-13,32H,15H2,1H3. The van der Waals surface area contributed by atoms with Crippen LogP contribution in [-0.2, 0) is 0 Å². The highest BCUT2D eigenvalue weighted by atomic mass is 16.7. The number of aryl methyl sites for hydroxylation is 1. The molecule has 2 aromatic heterocycles. The minimum absolute atomic E-state index is 0.0787. The van der Waals surface area contributed by atoms with Crippen molar-refractivity contribution in [1.29, 1.82) is 5.26 Å². The van der Waals surface area contributed by atoms with Gasteiger partial charge in [-0.15, -0.1) is 0 Å². The van der Waals surface area contributed by atoms with Crippen LogP contribution in [0.4, 0.5) is 0 Å². The number of phenols is 1. The number of hydrogen-bond donors (Lipinski definition) is 1. The van der Waals surface area contributed by atoms with Crippen LogP contribution in [0.3, 0.4) is 0 Å². The molecule has 0 bridgehead atoms. The van der Waals surface area contributed by atoms with Crippen LogP contribution < -0.4 is 9.47 Å². The number of hydrogen-bond acceptors (Lipinski definition) is 6. The lowest BCUT2D eigenvalue weighted by atomic mass is 9.92. The van der Waals surface area contributed by atoms with E-state index in [0.29, 0.717) is 56.2 Å². The van der Waals surface area contributed by atoms with E-state index in [1.54, 1.807) is 22.9 Å². The van der Waals surface area contributed by atoms with E-state index in [2.05, 4.69) is 6.07 Å². The minimum atomic E-state index is 0.0787. The molecule has 164 valence electrons. The molecule has 0 atom stereocenters. The second kappa shape index (κ2) is 7.64. The molecule has 0 radical (unpaired) electrons. The molecule has 7 heteroatoms. The summed E-state index contributed by atoms with van der Waals surface area (Å²) in [6.45, 7) is 2.04. The number of benzene rings is 3. The first-order chi connectivity index (χ1) is 16.7. The number of pyridine rings is 1.